The molecule has 4 nitrogen and oxygen atoms in total. The first-order chi connectivity index (χ1) is 9.78. The molecule has 1 aromatic carbocycles. The van der Waals surface area contributed by atoms with Crippen molar-refractivity contribution < 1.29 is 14.3 Å². The van der Waals surface area contributed by atoms with Gasteiger partial charge in [-0.3, -0.25) is 4.79 Å². The number of esters is 1. The van der Waals surface area contributed by atoms with E-state index in [0.717, 1.165) is 6.42 Å². The van der Waals surface area contributed by atoms with E-state index < -0.39 is 11.6 Å². The molecule has 0 unspecified atom stereocenters. The van der Waals surface area contributed by atoms with E-state index in [1.807, 2.05) is 20.8 Å². The first-order valence-electron chi connectivity index (χ1n) is 7.07. The number of nitrogens with zero attached hydrogens (tertiary/aromatic N) is 1. The third-order valence-electron chi connectivity index (χ3n) is 3.26. The zero-order valence-electron chi connectivity index (χ0n) is 12.6. The van der Waals surface area contributed by atoms with E-state index in [0.29, 0.717) is 23.6 Å². The molecule has 21 heavy (non-hydrogen) atoms. The lowest BCUT2D eigenvalue weighted by atomic mass is 10.1. The number of benzene rings is 1. The summed E-state index contributed by atoms with van der Waals surface area (Å²) in [5, 5.41) is 0.508. The Morgan fingerprint density at radius 2 is 2.05 bits per heavy atom. The minimum absolute atomic E-state index is 0.175. The topological polar surface area (TPSA) is 46.6 Å². The van der Waals surface area contributed by atoms with Crippen LogP contribution in [0.3, 0.4) is 0 Å². The summed E-state index contributed by atoms with van der Waals surface area (Å²) < 4.78 is 5.40. The van der Waals surface area contributed by atoms with E-state index in [4.69, 9.17) is 16.3 Å². The van der Waals surface area contributed by atoms with Gasteiger partial charge in [-0.2, -0.15) is 0 Å². The Morgan fingerprint density at radius 1 is 1.33 bits per heavy atom. The fourth-order valence-electron chi connectivity index (χ4n) is 2.41. The molecule has 0 bridgehead atoms. The molecule has 1 aromatic rings. The molecular formula is C16H20ClNO3. The van der Waals surface area contributed by atoms with Gasteiger partial charge in [-0.1, -0.05) is 17.7 Å². The van der Waals surface area contributed by atoms with Crippen LogP contribution in [-0.4, -0.2) is 35.0 Å². The van der Waals surface area contributed by atoms with Crippen molar-refractivity contribution in [2.45, 2.75) is 45.3 Å². The Bertz CT molecular complexity index is 551. The molecule has 114 valence electrons. The number of hydrogen-bond donors (Lipinski definition) is 0. The fraction of sp³-hybridized carbons (Fsp3) is 0.500. The van der Waals surface area contributed by atoms with Crippen LogP contribution in [-0.2, 0) is 9.53 Å². The molecule has 1 heterocycles. The zero-order chi connectivity index (χ0) is 15.6. The number of amides is 1. The Balaban J connectivity index is 2.15. The minimum atomic E-state index is -0.551. The van der Waals surface area contributed by atoms with Gasteiger partial charge >= 0.3 is 5.97 Å². The largest absolute Gasteiger partial charge is 0.458 e. The monoisotopic (exact) mass is 309 g/mol. The number of ether oxygens (including phenoxy) is 1. The average Bonchev–Trinajstić information content (AvgIpc) is 2.85. The molecule has 1 aliphatic heterocycles. The van der Waals surface area contributed by atoms with Gasteiger partial charge in [0.1, 0.15) is 11.6 Å². The molecule has 0 aliphatic carbocycles. The van der Waals surface area contributed by atoms with Crippen molar-refractivity contribution in [1.82, 2.24) is 4.90 Å². The molecule has 0 N–H and O–H groups in total. The Morgan fingerprint density at radius 3 is 2.67 bits per heavy atom. The molecule has 1 aliphatic rings. The SMILES string of the molecule is CC(C)(C)OC(=O)[C@@H]1CCCN1C(=O)c1cccc(Cl)c1. The maximum atomic E-state index is 12.5. The number of carbonyl (C=O) groups excluding carboxylic acids is 2. The van der Waals surface area contributed by atoms with Gasteiger partial charge in [-0.15, -0.1) is 0 Å². The second-order valence-electron chi connectivity index (χ2n) is 6.20. The highest BCUT2D eigenvalue weighted by Crippen LogP contribution is 2.24. The fourth-order valence-corrected chi connectivity index (χ4v) is 2.60. The van der Waals surface area contributed by atoms with Crippen molar-refractivity contribution in [2.24, 2.45) is 0 Å². The van der Waals surface area contributed by atoms with Crippen LogP contribution >= 0.6 is 11.6 Å². The van der Waals surface area contributed by atoms with E-state index in [9.17, 15) is 9.59 Å². The predicted molar refractivity (Wildman–Crippen MR) is 81.4 cm³/mol. The lowest BCUT2D eigenvalue weighted by Gasteiger charge is -2.27. The molecule has 1 saturated heterocycles. The van der Waals surface area contributed by atoms with Crippen LogP contribution in [0.15, 0.2) is 24.3 Å². The van der Waals surface area contributed by atoms with Gasteiger partial charge in [0, 0.05) is 17.1 Å². The maximum absolute atomic E-state index is 12.5. The quantitative estimate of drug-likeness (QED) is 0.788. The molecule has 2 rings (SSSR count). The summed E-state index contributed by atoms with van der Waals surface area (Å²) in [6, 6.07) is 6.27. The second-order valence-corrected chi connectivity index (χ2v) is 6.64. The Labute approximate surface area is 130 Å². The smallest absolute Gasteiger partial charge is 0.329 e. The minimum Gasteiger partial charge on any atom is -0.458 e. The summed E-state index contributed by atoms with van der Waals surface area (Å²) in [6.45, 7) is 6.03. The number of likely N-dealkylation sites (tertiary alicyclic amines) is 1. The lowest BCUT2D eigenvalue weighted by molar-refractivity contribution is -0.159. The van der Waals surface area contributed by atoms with Gasteiger partial charge in [-0.25, -0.2) is 4.79 Å². The molecule has 0 aromatic heterocycles. The highest BCUT2D eigenvalue weighted by molar-refractivity contribution is 6.31. The zero-order valence-corrected chi connectivity index (χ0v) is 13.3. The van der Waals surface area contributed by atoms with E-state index in [1.54, 1.807) is 29.2 Å². The van der Waals surface area contributed by atoms with E-state index in [1.165, 1.54) is 0 Å². The van der Waals surface area contributed by atoms with Crippen LogP contribution < -0.4 is 0 Å². The van der Waals surface area contributed by atoms with Crippen molar-refractivity contribution in [1.29, 1.82) is 0 Å². The van der Waals surface area contributed by atoms with Crippen molar-refractivity contribution in [2.75, 3.05) is 6.54 Å². The van der Waals surface area contributed by atoms with Crippen molar-refractivity contribution in [3.05, 3.63) is 34.9 Å². The van der Waals surface area contributed by atoms with E-state index in [2.05, 4.69) is 0 Å². The molecular weight excluding hydrogens is 290 g/mol. The van der Waals surface area contributed by atoms with E-state index in [-0.39, 0.29) is 11.9 Å². The maximum Gasteiger partial charge on any atom is 0.329 e. The second kappa shape index (κ2) is 6.06. The van der Waals surface area contributed by atoms with E-state index >= 15 is 0 Å². The molecule has 0 spiro atoms. The average molecular weight is 310 g/mol. The summed E-state index contributed by atoms with van der Waals surface area (Å²) in [5.41, 5.74) is -0.0530. The van der Waals surface area contributed by atoms with Crippen LogP contribution in [0.4, 0.5) is 0 Å². The highest BCUT2D eigenvalue weighted by atomic mass is 35.5. The first kappa shape index (κ1) is 15.8. The summed E-state index contributed by atoms with van der Waals surface area (Å²) in [4.78, 5) is 26.4. The summed E-state index contributed by atoms with van der Waals surface area (Å²) >= 11 is 5.92. The third kappa shape index (κ3) is 3.97. The van der Waals surface area contributed by atoms with Crippen molar-refractivity contribution >= 4 is 23.5 Å². The van der Waals surface area contributed by atoms with Gasteiger partial charge in [0.25, 0.3) is 5.91 Å². The summed E-state index contributed by atoms with van der Waals surface area (Å²) in [6.07, 6.45) is 1.44. The molecule has 1 amide bonds. The van der Waals surface area contributed by atoms with Crippen LogP contribution in [0, 0.1) is 0 Å². The molecule has 5 heteroatoms. The van der Waals surface area contributed by atoms with Crippen LogP contribution in [0.2, 0.25) is 5.02 Å². The Hall–Kier alpha value is -1.55. The van der Waals surface area contributed by atoms with Crippen LogP contribution in [0.1, 0.15) is 44.0 Å². The Kier molecular flexibility index (Phi) is 4.57. The van der Waals surface area contributed by atoms with Crippen LogP contribution in [0.25, 0.3) is 0 Å². The lowest BCUT2D eigenvalue weighted by Crippen LogP contribution is -2.43. The van der Waals surface area contributed by atoms with Crippen molar-refractivity contribution in [3.63, 3.8) is 0 Å². The number of rotatable bonds is 2. The van der Waals surface area contributed by atoms with Gasteiger partial charge in [0.15, 0.2) is 0 Å². The van der Waals surface area contributed by atoms with Gasteiger partial charge in [-0.05, 0) is 51.8 Å². The number of carbonyl (C=O) groups is 2. The van der Waals surface area contributed by atoms with Gasteiger partial charge < -0.3 is 9.64 Å². The summed E-state index contributed by atoms with van der Waals surface area (Å²) in [5.74, 6) is -0.513. The summed E-state index contributed by atoms with van der Waals surface area (Å²) in [7, 11) is 0. The van der Waals surface area contributed by atoms with Crippen molar-refractivity contribution in [3.8, 4) is 0 Å². The number of hydrogen-bond acceptors (Lipinski definition) is 3. The molecule has 0 saturated carbocycles. The normalized spacial score (nSPS) is 18.7. The van der Waals surface area contributed by atoms with Gasteiger partial charge in [0.05, 0.1) is 0 Å². The van der Waals surface area contributed by atoms with Crippen LogP contribution in [0.5, 0.6) is 0 Å². The molecule has 0 radical (unpaired) electrons. The first-order valence-corrected chi connectivity index (χ1v) is 7.45. The predicted octanol–water partition coefficient (Wildman–Crippen LogP) is 3.29. The molecule has 1 atom stereocenters. The molecule has 1 fully saturated rings. The standard InChI is InChI=1S/C16H20ClNO3/c1-16(2,3)21-15(20)13-8-5-9-18(13)14(19)11-6-4-7-12(17)10-11/h4,6-7,10,13H,5,8-9H2,1-3H3/t13-/m0/s1. The third-order valence-corrected chi connectivity index (χ3v) is 3.50. The number of halogens is 1. The van der Waals surface area contributed by atoms with Gasteiger partial charge in [0.2, 0.25) is 0 Å². The highest BCUT2D eigenvalue weighted by Gasteiger charge is 2.37.